The van der Waals surface area contributed by atoms with Crippen LogP contribution in [-0.2, 0) is 11.2 Å². The quantitative estimate of drug-likeness (QED) is 0.437. The molecule has 0 bridgehead atoms. The van der Waals surface area contributed by atoms with Crippen molar-refractivity contribution in [2.75, 3.05) is 26.7 Å². The van der Waals surface area contributed by atoms with E-state index in [1.807, 2.05) is 0 Å². The maximum Gasteiger partial charge on any atom is 0.261 e. The standard InChI is InChI=1S/C23H25ClF5N3O/c1-31(22(33)10-15(30)8-14-9-19(26)20(27)11-18(14)25)12-21(16-4-2-3-5-17(16)24)32-7-6-23(28,29)13-32/h2-5,9,11,15,21H,6-8,10,12-13,30H2,1H3/t15-,21+/m1/s1. The van der Waals surface area contributed by atoms with Crippen molar-refractivity contribution in [1.82, 2.24) is 9.80 Å². The number of likely N-dealkylation sites (tertiary alicyclic amines) is 1. The van der Waals surface area contributed by atoms with Gasteiger partial charge in [-0.2, -0.15) is 0 Å². The first kappa shape index (κ1) is 25.4. The summed E-state index contributed by atoms with van der Waals surface area (Å²) in [4.78, 5) is 15.7. The minimum atomic E-state index is -2.82. The van der Waals surface area contributed by atoms with Crippen LogP contribution in [0.5, 0.6) is 0 Å². The highest BCUT2D eigenvalue weighted by atomic mass is 35.5. The SMILES string of the molecule is CN(C[C@@H](c1ccccc1Cl)N1CCC(F)(F)C1)C(=O)C[C@H](N)Cc1cc(F)c(F)cc1F. The summed E-state index contributed by atoms with van der Waals surface area (Å²) in [6.45, 7) is -0.204. The molecule has 2 N–H and O–H groups in total. The molecule has 0 spiro atoms. The van der Waals surface area contributed by atoms with E-state index in [0.717, 1.165) is 6.07 Å². The first-order valence-corrected chi connectivity index (χ1v) is 10.8. The molecule has 1 aliphatic heterocycles. The third-order valence-corrected chi connectivity index (χ3v) is 6.13. The van der Waals surface area contributed by atoms with Gasteiger partial charge in [-0.15, -0.1) is 0 Å². The lowest BCUT2D eigenvalue weighted by molar-refractivity contribution is -0.131. The minimum absolute atomic E-state index is 0.0882. The topological polar surface area (TPSA) is 49.6 Å². The van der Waals surface area contributed by atoms with Gasteiger partial charge in [-0.3, -0.25) is 9.69 Å². The summed E-state index contributed by atoms with van der Waals surface area (Å²) in [5.41, 5.74) is 6.46. The summed E-state index contributed by atoms with van der Waals surface area (Å²) in [7, 11) is 1.52. The number of likely N-dealkylation sites (N-methyl/N-ethyl adjacent to an activating group) is 1. The Balaban J connectivity index is 1.69. The lowest BCUT2D eigenvalue weighted by Crippen LogP contribution is -2.41. The van der Waals surface area contributed by atoms with Crippen molar-refractivity contribution in [3.05, 3.63) is 70.0 Å². The summed E-state index contributed by atoms with van der Waals surface area (Å²) < 4.78 is 68.2. The van der Waals surface area contributed by atoms with Gasteiger partial charge in [0.25, 0.3) is 5.92 Å². The fourth-order valence-corrected chi connectivity index (χ4v) is 4.26. The molecule has 10 heteroatoms. The number of alkyl halides is 2. The Hall–Kier alpha value is -2.23. The number of hydrogen-bond donors (Lipinski definition) is 1. The van der Waals surface area contributed by atoms with Gasteiger partial charge >= 0.3 is 0 Å². The molecular weight excluding hydrogens is 465 g/mol. The molecule has 0 unspecified atom stereocenters. The second kappa shape index (κ2) is 10.4. The van der Waals surface area contributed by atoms with Gasteiger partial charge < -0.3 is 10.6 Å². The van der Waals surface area contributed by atoms with Crippen LogP contribution in [0.2, 0.25) is 5.02 Å². The molecule has 2 aromatic carbocycles. The average molecular weight is 490 g/mol. The zero-order valence-electron chi connectivity index (χ0n) is 18.0. The fourth-order valence-electron chi connectivity index (χ4n) is 4.00. The number of carbonyl (C=O) groups is 1. The van der Waals surface area contributed by atoms with E-state index in [-0.39, 0.29) is 37.9 Å². The number of carbonyl (C=O) groups excluding carboxylic acids is 1. The Bertz CT molecular complexity index is 1010. The first-order chi connectivity index (χ1) is 15.5. The lowest BCUT2D eigenvalue weighted by Gasteiger charge is -2.32. The summed E-state index contributed by atoms with van der Waals surface area (Å²) >= 11 is 6.31. The van der Waals surface area contributed by atoms with Crippen molar-refractivity contribution in [3.8, 4) is 0 Å². The monoisotopic (exact) mass is 489 g/mol. The van der Waals surface area contributed by atoms with E-state index >= 15 is 0 Å². The lowest BCUT2D eigenvalue weighted by atomic mass is 10.0. The Morgan fingerprint density at radius 3 is 2.48 bits per heavy atom. The predicted octanol–water partition coefficient (Wildman–Crippen LogP) is 4.56. The van der Waals surface area contributed by atoms with E-state index < -0.39 is 47.9 Å². The Morgan fingerprint density at radius 2 is 1.85 bits per heavy atom. The molecule has 33 heavy (non-hydrogen) atoms. The highest BCUT2D eigenvalue weighted by Gasteiger charge is 2.42. The van der Waals surface area contributed by atoms with Gasteiger partial charge in [0.1, 0.15) is 5.82 Å². The van der Waals surface area contributed by atoms with E-state index in [4.69, 9.17) is 17.3 Å². The molecule has 4 nitrogen and oxygen atoms in total. The van der Waals surface area contributed by atoms with Gasteiger partial charge in [-0.1, -0.05) is 29.8 Å². The molecule has 1 amide bonds. The number of nitrogens with two attached hydrogens (primary N) is 1. The average Bonchev–Trinajstić information content (AvgIpc) is 3.10. The van der Waals surface area contributed by atoms with Crippen LogP contribution in [0.25, 0.3) is 0 Å². The fraction of sp³-hybridized carbons (Fsp3) is 0.435. The molecule has 1 heterocycles. The van der Waals surface area contributed by atoms with E-state index in [0.29, 0.717) is 16.7 Å². The van der Waals surface area contributed by atoms with Crippen LogP contribution in [0, 0.1) is 17.5 Å². The normalized spacial score (nSPS) is 17.7. The molecule has 2 aromatic rings. The zero-order valence-corrected chi connectivity index (χ0v) is 18.8. The summed E-state index contributed by atoms with van der Waals surface area (Å²) in [5.74, 6) is -6.67. The van der Waals surface area contributed by atoms with Crippen LogP contribution in [0.15, 0.2) is 36.4 Å². The van der Waals surface area contributed by atoms with Gasteiger partial charge in [-0.05, 0) is 29.7 Å². The molecular formula is C23H25ClF5N3O. The highest BCUT2D eigenvalue weighted by Crippen LogP contribution is 2.36. The molecule has 1 aliphatic rings. The van der Waals surface area contributed by atoms with Crippen molar-refractivity contribution in [2.24, 2.45) is 5.73 Å². The minimum Gasteiger partial charge on any atom is -0.344 e. The number of halogens is 6. The molecule has 1 fully saturated rings. The summed E-state index contributed by atoms with van der Waals surface area (Å²) in [6, 6.07) is 6.62. The molecule has 0 aromatic heterocycles. The second-order valence-corrected chi connectivity index (χ2v) is 8.82. The molecule has 0 aliphatic carbocycles. The van der Waals surface area contributed by atoms with E-state index in [9.17, 15) is 26.7 Å². The molecule has 3 rings (SSSR count). The van der Waals surface area contributed by atoms with Crippen molar-refractivity contribution >= 4 is 17.5 Å². The number of rotatable bonds is 8. The van der Waals surface area contributed by atoms with Gasteiger partial charge in [0.2, 0.25) is 5.91 Å². The number of hydrogen-bond acceptors (Lipinski definition) is 3. The Morgan fingerprint density at radius 1 is 1.18 bits per heavy atom. The van der Waals surface area contributed by atoms with Gasteiger partial charge in [0.15, 0.2) is 11.6 Å². The van der Waals surface area contributed by atoms with Gasteiger partial charge in [0.05, 0.1) is 12.6 Å². The smallest absolute Gasteiger partial charge is 0.261 e. The number of amides is 1. The third kappa shape index (κ3) is 6.43. The van der Waals surface area contributed by atoms with Crippen molar-refractivity contribution < 1.29 is 26.7 Å². The summed E-state index contributed by atoms with van der Waals surface area (Å²) in [5, 5.41) is 0.407. The van der Waals surface area contributed by atoms with Crippen molar-refractivity contribution in [3.63, 3.8) is 0 Å². The Labute approximate surface area is 194 Å². The van der Waals surface area contributed by atoms with Crippen LogP contribution < -0.4 is 5.73 Å². The van der Waals surface area contributed by atoms with Gasteiger partial charge in [-0.25, -0.2) is 22.0 Å². The molecule has 180 valence electrons. The van der Waals surface area contributed by atoms with E-state index in [1.165, 1.54) is 11.9 Å². The molecule has 0 saturated carbocycles. The number of benzene rings is 2. The third-order valence-electron chi connectivity index (χ3n) is 5.78. The van der Waals surface area contributed by atoms with Crippen LogP contribution in [0.3, 0.4) is 0 Å². The highest BCUT2D eigenvalue weighted by molar-refractivity contribution is 6.31. The maximum absolute atomic E-state index is 13.9. The molecule has 1 saturated heterocycles. The number of nitrogens with zero attached hydrogens (tertiary/aromatic N) is 2. The first-order valence-electron chi connectivity index (χ1n) is 10.5. The van der Waals surface area contributed by atoms with Crippen molar-refractivity contribution in [2.45, 2.75) is 37.3 Å². The predicted molar refractivity (Wildman–Crippen MR) is 116 cm³/mol. The molecule has 2 atom stereocenters. The van der Waals surface area contributed by atoms with Crippen LogP contribution >= 0.6 is 11.6 Å². The van der Waals surface area contributed by atoms with E-state index in [1.54, 1.807) is 29.2 Å². The molecule has 0 radical (unpaired) electrons. The van der Waals surface area contributed by atoms with Crippen LogP contribution in [0.1, 0.15) is 30.0 Å². The van der Waals surface area contributed by atoms with Crippen LogP contribution in [0.4, 0.5) is 22.0 Å². The second-order valence-electron chi connectivity index (χ2n) is 8.41. The largest absolute Gasteiger partial charge is 0.344 e. The van der Waals surface area contributed by atoms with Gasteiger partial charge in [0, 0.05) is 50.1 Å². The van der Waals surface area contributed by atoms with Crippen LogP contribution in [-0.4, -0.2) is 54.4 Å². The summed E-state index contributed by atoms with van der Waals surface area (Å²) in [6.07, 6.45) is -0.647. The Kier molecular flexibility index (Phi) is 7.97. The zero-order chi connectivity index (χ0) is 24.3. The van der Waals surface area contributed by atoms with Crippen molar-refractivity contribution in [1.29, 1.82) is 0 Å². The maximum atomic E-state index is 13.9. The van der Waals surface area contributed by atoms with E-state index in [2.05, 4.69) is 0 Å².